The second-order valence-corrected chi connectivity index (χ2v) is 8.43. The Morgan fingerprint density at radius 1 is 1.41 bits per heavy atom. The van der Waals surface area contributed by atoms with Crippen LogP contribution >= 0.6 is 28.3 Å². The summed E-state index contributed by atoms with van der Waals surface area (Å²) in [6.07, 6.45) is 0. The molecular formula is C12H19BrClN3O4S. The number of benzene rings is 1. The van der Waals surface area contributed by atoms with Gasteiger partial charge in [-0.05, 0) is 24.1 Å². The van der Waals surface area contributed by atoms with Crippen molar-refractivity contribution in [3.05, 3.63) is 32.8 Å². The molecule has 1 rings (SSSR count). The molecule has 2 N–H and O–H groups in total. The van der Waals surface area contributed by atoms with E-state index in [0.29, 0.717) is 11.0 Å². The van der Waals surface area contributed by atoms with Crippen LogP contribution in [0.1, 0.15) is 13.8 Å². The quantitative estimate of drug-likeness (QED) is 0.566. The summed E-state index contributed by atoms with van der Waals surface area (Å²) >= 11 is 3.14. The summed E-state index contributed by atoms with van der Waals surface area (Å²) in [6.45, 7) is 4.12. The molecule has 0 bridgehead atoms. The molecule has 0 amide bonds. The Labute approximate surface area is 144 Å². The summed E-state index contributed by atoms with van der Waals surface area (Å²) in [5.41, 5.74) is 4.73. The molecule has 0 aliphatic carbocycles. The summed E-state index contributed by atoms with van der Waals surface area (Å²) in [7, 11) is -2.59. The third kappa shape index (κ3) is 4.88. The maximum absolute atomic E-state index is 12.6. The lowest BCUT2D eigenvalue weighted by Gasteiger charge is -2.28. The van der Waals surface area contributed by atoms with Gasteiger partial charge in [0.25, 0.3) is 5.69 Å². The summed E-state index contributed by atoms with van der Waals surface area (Å²) in [6, 6.07) is 3.83. The Hall–Kier alpha value is -0.740. The van der Waals surface area contributed by atoms with Gasteiger partial charge in [-0.1, -0.05) is 29.8 Å². The summed E-state index contributed by atoms with van der Waals surface area (Å²) in [5, 5.41) is 11.0. The van der Waals surface area contributed by atoms with Crippen molar-refractivity contribution in [2.45, 2.75) is 18.7 Å². The van der Waals surface area contributed by atoms with Gasteiger partial charge < -0.3 is 5.73 Å². The first-order chi connectivity index (χ1) is 9.51. The molecule has 0 spiro atoms. The summed E-state index contributed by atoms with van der Waals surface area (Å²) < 4.78 is 26.7. The molecule has 7 nitrogen and oxygen atoms in total. The van der Waals surface area contributed by atoms with E-state index in [-0.39, 0.29) is 23.8 Å². The van der Waals surface area contributed by atoms with Crippen molar-refractivity contribution >= 4 is 44.0 Å². The number of halogens is 2. The third-order valence-electron chi connectivity index (χ3n) is 3.01. The fourth-order valence-corrected chi connectivity index (χ4v) is 3.82. The van der Waals surface area contributed by atoms with Crippen molar-refractivity contribution in [3.63, 3.8) is 0 Å². The van der Waals surface area contributed by atoms with Crippen LogP contribution in [0.3, 0.4) is 0 Å². The molecule has 0 heterocycles. The molecule has 0 unspecified atom stereocenters. The third-order valence-corrected chi connectivity index (χ3v) is 5.34. The van der Waals surface area contributed by atoms with Gasteiger partial charge >= 0.3 is 0 Å². The second-order valence-electron chi connectivity index (χ2n) is 5.50. The van der Waals surface area contributed by atoms with E-state index in [1.807, 2.05) is 13.8 Å². The highest BCUT2D eigenvalue weighted by molar-refractivity contribution is 9.10. The van der Waals surface area contributed by atoms with Crippen molar-refractivity contribution < 1.29 is 13.3 Å². The normalized spacial score (nSPS) is 12.1. The molecule has 10 heteroatoms. The SMILES string of the molecule is CN(CC(C)(C)CN)S(=O)(=O)c1cc(Br)ccc1[N+](=O)[O-].Cl. The number of nitro benzene ring substituents is 1. The smallest absolute Gasteiger partial charge is 0.289 e. The van der Waals surface area contributed by atoms with Crippen molar-refractivity contribution in [3.8, 4) is 0 Å². The van der Waals surface area contributed by atoms with Crippen molar-refractivity contribution in [2.24, 2.45) is 11.1 Å². The van der Waals surface area contributed by atoms with E-state index in [0.717, 1.165) is 4.31 Å². The first-order valence-electron chi connectivity index (χ1n) is 6.11. The predicted octanol–water partition coefficient (Wildman–Crippen LogP) is 2.38. The Morgan fingerprint density at radius 3 is 2.41 bits per heavy atom. The number of nitrogens with two attached hydrogens (primary N) is 1. The van der Waals surface area contributed by atoms with Crippen LogP contribution in [0.5, 0.6) is 0 Å². The average molecular weight is 417 g/mol. The van der Waals surface area contributed by atoms with Crippen molar-refractivity contribution in [1.29, 1.82) is 0 Å². The minimum Gasteiger partial charge on any atom is -0.330 e. The van der Waals surface area contributed by atoms with E-state index in [1.54, 1.807) is 0 Å². The lowest BCUT2D eigenvalue weighted by atomic mass is 9.94. The summed E-state index contributed by atoms with van der Waals surface area (Å²) in [5.74, 6) is 0. The number of sulfonamides is 1. The number of hydrogen-bond donors (Lipinski definition) is 1. The second kappa shape index (κ2) is 7.69. The maximum atomic E-state index is 12.6. The molecule has 0 aliphatic rings. The summed E-state index contributed by atoms with van der Waals surface area (Å²) in [4.78, 5) is 9.99. The van der Waals surface area contributed by atoms with Gasteiger partial charge in [-0.2, -0.15) is 0 Å². The molecule has 0 atom stereocenters. The minimum absolute atomic E-state index is 0. The predicted molar refractivity (Wildman–Crippen MR) is 90.7 cm³/mol. The zero-order valence-electron chi connectivity index (χ0n) is 12.4. The van der Waals surface area contributed by atoms with Gasteiger partial charge in [0.1, 0.15) is 0 Å². The Kier molecular flexibility index (Phi) is 7.43. The van der Waals surface area contributed by atoms with E-state index >= 15 is 0 Å². The largest absolute Gasteiger partial charge is 0.330 e. The molecule has 0 saturated carbocycles. The number of nitro groups is 1. The van der Waals surface area contributed by atoms with E-state index < -0.39 is 26.0 Å². The van der Waals surface area contributed by atoms with Gasteiger partial charge in [0.15, 0.2) is 4.90 Å². The lowest BCUT2D eigenvalue weighted by molar-refractivity contribution is -0.387. The molecule has 0 aliphatic heterocycles. The molecule has 1 aromatic carbocycles. The molecule has 1 aromatic rings. The number of hydrogen-bond acceptors (Lipinski definition) is 5. The minimum atomic E-state index is -3.97. The van der Waals surface area contributed by atoms with Crippen molar-refractivity contribution in [2.75, 3.05) is 20.1 Å². The maximum Gasteiger partial charge on any atom is 0.289 e. The van der Waals surface area contributed by atoms with Gasteiger partial charge in [0.05, 0.1) is 4.92 Å². The van der Waals surface area contributed by atoms with Crippen LogP contribution in [0.15, 0.2) is 27.6 Å². The average Bonchev–Trinajstić information content (AvgIpc) is 2.37. The Bertz CT molecular complexity index is 652. The van der Waals surface area contributed by atoms with Crippen LogP contribution in [0.2, 0.25) is 0 Å². The van der Waals surface area contributed by atoms with E-state index in [9.17, 15) is 18.5 Å². The molecule has 0 saturated heterocycles. The van der Waals surface area contributed by atoms with E-state index in [2.05, 4.69) is 15.9 Å². The molecular weight excluding hydrogens is 398 g/mol. The van der Waals surface area contributed by atoms with Gasteiger partial charge in [0.2, 0.25) is 10.0 Å². The topological polar surface area (TPSA) is 107 Å². The van der Waals surface area contributed by atoms with Gasteiger partial charge in [-0.15, -0.1) is 12.4 Å². The molecule has 0 radical (unpaired) electrons. The monoisotopic (exact) mass is 415 g/mol. The van der Waals surface area contributed by atoms with Crippen LogP contribution in [0.25, 0.3) is 0 Å². The van der Waals surface area contributed by atoms with Crippen molar-refractivity contribution in [1.82, 2.24) is 4.31 Å². The van der Waals surface area contributed by atoms with E-state index in [1.165, 1.54) is 25.2 Å². The van der Waals surface area contributed by atoms with Crippen LogP contribution in [0, 0.1) is 15.5 Å². The molecule has 0 aromatic heterocycles. The van der Waals surface area contributed by atoms with Gasteiger partial charge in [-0.25, -0.2) is 12.7 Å². The molecule has 126 valence electrons. The fourth-order valence-electron chi connectivity index (χ4n) is 1.77. The zero-order valence-corrected chi connectivity index (χ0v) is 15.7. The molecule has 22 heavy (non-hydrogen) atoms. The van der Waals surface area contributed by atoms with Crippen LogP contribution < -0.4 is 5.73 Å². The fraction of sp³-hybridized carbons (Fsp3) is 0.500. The highest BCUT2D eigenvalue weighted by atomic mass is 79.9. The first kappa shape index (κ1) is 21.3. The number of nitrogens with zero attached hydrogens (tertiary/aromatic N) is 2. The van der Waals surface area contributed by atoms with E-state index in [4.69, 9.17) is 5.73 Å². The number of rotatable bonds is 6. The van der Waals surface area contributed by atoms with Crippen LogP contribution in [0.4, 0.5) is 5.69 Å². The van der Waals surface area contributed by atoms with Gasteiger partial charge in [-0.3, -0.25) is 10.1 Å². The zero-order chi connectivity index (χ0) is 16.4. The lowest BCUT2D eigenvalue weighted by Crippen LogP contribution is -2.39. The molecule has 0 fully saturated rings. The van der Waals surface area contributed by atoms with Crippen LogP contribution in [-0.2, 0) is 10.0 Å². The Balaban J connectivity index is 0.00000441. The van der Waals surface area contributed by atoms with Crippen LogP contribution in [-0.4, -0.2) is 37.8 Å². The highest BCUT2D eigenvalue weighted by Crippen LogP contribution is 2.30. The first-order valence-corrected chi connectivity index (χ1v) is 8.35. The Morgan fingerprint density at radius 2 is 1.95 bits per heavy atom. The standard InChI is InChI=1S/C12H18BrN3O4S.ClH/c1-12(2,7-14)8-15(3)21(19,20)11-6-9(13)4-5-10(11)16(17)18;/h4-6H,7-8,14H2,1-3H3;1H. The van der Waals surface area contributed by atoms with Gasteiger partial charge in [0, 0.05) is 24.1 Å². The highest BCUT2D eigenvalue weighted by Gasteiger charge is 2.32.